The van der Waals surface area contributed by atoms with Gasteiger partial charge in [-0.25, -0.2) is 4.99 Å². The van der Waals surface area contributed by atoms with Gasteiger partial charge in [0.1, 0.15) is 0 Å². The fourth-order valence-corrected chi connectivity index (χ4v) is 2.39. The number of benzene rings is 1. The molecule has 3 nitrogen and oxygen atoms in total. The fourth-order valence-electron chi connectivity index (χ4n) is 1.96. The molecule has 0 atom stereocenters. The van der Waals surface area contributed by atoms with Gasteiger partial charge in [0, 0.05) is 25.2 Å². The van der Waals surface area contributed by atoms with E-state index in [0.29, 0.717) is 11.6 Å². The van der Waals surface area contributed by atoms with Crippen LogP contribution in [0.25, 0.3) is 0 Å². The van der Waals surface area contributed by atoms with Crippen molar-refractivity contribution in [3.05, 3.63) is 47.0 Å². The van der Waals surface area contributed by atoms with Gasteiger partial charge in [-0.05, 0) is 48.9 Å². The van der Waals surface area contributed by atoms with E-state index in [0.717, 1.165) is 23.5 Å². The largest absolute Gasteiger partial charge is 0.373 e. The monoisotopic (exact) mass is 322 g/mol. The van der Waals surface area contributed by atoms with Gasteiger partial charge >= 0.3 is 0 Å². The van der Waals surface area contributed by atoms with E-state index in [1.54, 1.807) is 12.2 Å². The van der Waals surface area contributed by atoms with Gasteiger partial charge in [0.25, 0.3) is 0 Å². The summed E-state index contributed by atoms with van der Waals surface area (Å²) in [5.74, 6) is 0.396. The number of aryl methyl sites for hydroxylation is 1. The van der Waals surface area contributed by atoms with Gasteiger partial charge in [0.05, 0.1) is 16.4 Å². The highest BCUT2D eigenvalue weighted by Gasteiger charge is 2.10. The van der Waals surface area contributed by atoms with Crippen molar-refractivity contribution in [2.75, 3.05) is 24.4 Å². The Morgan fingerprint density at radius 3 is 2.67 bits per heavy atom. The molecule has 0 unspecified atom stereocenters. The average Bonchev–Trinajstić information content (AvgIpc) is 2.45. The first-order chi connectivity index (χ1) is 10.0. The molecule has 0 bridgehead atoms. The molecule has 2 rings (SSSR count). The number of carbonyl (C=O) groups excluding carboxylic acids is 1. The van der Waals surface area contributed by atoms with Crippen molar-refractivity contribution >= 4 is 46.1 Å². The Morgan fingerprint density at radius 1 is 1.29 bits per heavy atom. The number of ketones is 1. The highest BCUT2D eigenvalue weighted by Crippen LogP contribution is 2.25. The standard InChI is InChI=1S/C16H16Cl2N2O/c1-11-9-13(20(2)8-7-17)4-5-15(11)19-12-3-6-16(21)14(18)10-12/h3-6,9-10H,7-8H2,1-2H3. The summed E-state index contributed by atoms with van der Waals surface area (Å²) >= 11 is 11.6. The topological polar surface area (TPSA) is 32.7 Å². The molecule has 0 N–H and O–H groups in total. The molecule has 0 saturated carbocycles. The van der Waals surface area contributed by atoms with Gasteiger partial charge in [-0.3, -0.25) is 4.79 Å². The van der Waals surface area contributed by atoms with E-state index in [9.17, 15) is 4.79 Å². The van der Waals surface area contributed by atoms with Crippen molar-refractivity contribution in [3.63, 3.8) is 0 Å². The molecule has 0 amide bonds. The molecule has 0 aliphatic heterocycles. The van der Waals surface area contributed by atoms with Gasteiger partial charge in [-0.1, -0.05) is 11.6 Å². The summed E-state index contributed by atoms with van der Waals surface area (Å²) in [5.41, 5.74) is 3.67. The predicted octanol–water partition coefficient (Wildman–Crippen LogP) is 4.00. The van der Waals surface area contributed by atoms with Crippen molar-refractivity contribution in [1.29, 1.82) is 0 Å². The van der Waals surface area contributed by atoms with E-state index in [2.05, 4.69) is 16.0 Å². The molecule has 0 fully saturated rings. The number of anilines is 1. The van der Waals surface area contributed by atoms with Gasteiger partial charge in [-0.2, -0.15) is 0 Å². The van der Waals surface area contributed by atoms with Gasteiger partial charge in [0.2, 0.25) is 0 Å². The molecule has 1 aromatic carbocycles. The lowest BCUT2D eigenvalue weighted by molar-refractivity contribution is -0.110. The number of allylic oxidation sites excluding steroid dienone is 4. The molecule has 0 heterocycles. The maximum absolute atomic E-state index is 11.3. The van der Waals surface area contributed by atoms with Crippen LogP contribution in [0.2, 0.25) is 0 Å². The third kappa shape index (κ3) is 3.96. The summed E-state index contributed by atoms with van der Waals surface area (Å²) in [4.78, 5) is 17.9. The Hall–Kier alpha value is -1.58. The minimum Gasteiger partial charge on any atom is -0.373 e. The van der Waals surface area contributed by atoms with Crippen molar-refractivity contribution in [3.8, 4) is 0 Å². The lowest BCUT2D eigenvalue weighted by Gasteiger charge is -2.18. The van der Waals surface area contributed by atoms with Crippen LogP contribution in [0.3, 0.4) is 0 Å². The van der Waals surface area contributed by atoms with E-state index in [1.165, 1.54) is 6.08 Å². The van der Waals surface area contributed by atoms with E-state index < -0.39 is 0 Å². The SMILES string of the molecule is Cc1cc(N(C)CCCl)ccc1N=C1C=CC(=O)C(Cl)=C1. The van der Waals surface area contributed by atoms with Crippen molar-refractivity contribution < 1.29 is 4.79 Å². The summed E-state index contributed by atoms with van der Waals surface area (Å²) in [6, 6.07) is 6.02. The highest BCUT2D eigenvalue weighted by molar-refractivity contribution is 6.47. The number of alkyl halides is 1. The van der Waals surface area contributed by atoms with Crippen LogP contribution in [-0.4, -0.2) is 31.0 Å². The number of carbonyl (C=O) groups is 1. The molecular weight excluding hydrogens is 307 g/mol. The van der Waals surface area contributed by atoms with Crippen LogP contribution < -0.4 is 4.90 Å². The van der Waals surface area contributed by atoms with Crippen LogP contribution in [0.5, 0.6) is 0 Å². The van der Waals surface area contributed by atoms with Gasteiger partial charge in [-0.15, -0.1) is 11.6 Å². The zero-order chi connectivity index (χ0) is 15.4. The molecule has 0 spiro atoms. The van der Waals surface area contributed by atoms with Crippen LogP contribution in [0.1, 0.15) is 5.56 Å². The maximum atomic E-state index is 11.3. The molecule has 1 aromatic rings. The second-order valence-electron chi connectivity index (χ2n) is 4.81. The van der Waals surface area contributed by atoms with Crippen LogP contribution in [0.4, 0.5) is 11.4 Å². The second-order valence-corrected chi connectivity index (χ2v) is 5.59. The molecule has 1 aliphatic rings. The van der Waals surface area contributed by atoms with Crippen molar-refractivity contribution in [2.45, 2.75) is 6.92 Å². The van der Waals surface area contributed by atoms with Crippen molar-refractivity contribution in [1.82, 2.24) is 0 Å². The number of hydrogen-bond donors (Lipinski definition) is 0. The third-order valence-corrected chi connectivity index (χ3v) is 3.67. The number of halogens is 2. The third-order valence-electron chi connectivity index (χ3n) is 3.21. The first-order valence-corrected chi connectivity index (χ1v) is 7.48. The minimum atomic E-state index is -0.189. The smallest absolute Gasteiger partial charge is 0.197 e. The van der Waals surface area contributed by atoms with E-state index in [4.69, 9.17) is 23.2 Å². The Kier molecular flexibility index (Phi) is 5.21. The van der Waals surface area contributed by atoms with Crippen LogP contribution in [0, 0.1) is 6.92 Å². The Morgan fingerprint density at radius 2 is 2.05 bits per heavy atom. The van der Waals surface area contributed by atoms with Crippen LogP contribution in [0.15, 0.2) is 46.5 Å². The molecule has 0 aromatic heterocycles. The molecular formula is C16H16Cl2N2O. The quantitative estimate of drug-likeness (QED) is 0.620. The second kappa shape index (κ2) is 6.92. The number of aliphatic imine (C=N–C) groups is 1. The summed E-state index contributed by atoms with van der Waals surface area (Å²) in [5, 5.41) is 0.187. The lowest BCUT2D eigenvalue weighted by atomic mass is 10.1. The summed E-state index contributed by atoms with van der Waals surface area (Å²) in [7, 11) is 2.00. The Bertz CT molecular complexity index is 648. The molecule has 0 saturated heterocycles. The minimum absolute atomic E-state index is 0.187. The van der Waals surface area contributed by atoms with E-state index in [1.807, 2.05) is 26.1 Å². The predicted molar refractivity (Wildman–Crippen MR) is 90.3 cm³/mol. The van der Waals surface area contributed by atoms with Gasteiger partial charge < -0.3 is 4.90 Å². The zero-order valence-corrected chi connectivity index (χ0v) is 13.4. The van der Waals surface area contributed by atoms with Gasteiger partial charge in [0.15, 0.2) is 5.78 Å². The van der Waals surface area contributed by atoms with E-state index >= 15 is 0 Å². The zero-order valence-electron chi connectivity index (χ0n) is 11.9. The molecule has 0 radical (unpaired) electrons. The number of rotatable bonds is 4. The Balaban J connectivity index is 2.26. The average molecular weight is 323 g/mol. The van der Waals surface area contributed by atoms with E-state index in [-0.39, 0.29) is 10.8 Å². The van der Waals surface area contributed by atoms with Crippen LogP contribution >= 0.6 is 23.2 Å². The first kappa shape index (κ1) is 15.8. The number of nitrogens with zero attached hydrogens (tertiary/aromatic N) is 2. The number of hydrogen-bond acceptors (Lipinski definition) is 3. The maximum Gasteiger partial charge on any atom is 0.197 e. The highest BCUT2D eigenvalue weighted by atomic mass is 35.5. The summed E-state index contributed by atoms with van der Waals surface area (Å²) in [6.45, 7) is 2.79. The molecule has 21 heavy (non-hydrogen) atoms. The lowest BCUT2D eigenvalue weighted by Crippen LogP contribution is -2.19. The summed E-state index contributed by atoms with van der Waals surface area (Å²) in [6.07, 6.45) is 4.68. The normalized spacial score (nSPS) is 16.3. The van der Waals surface area contributed by atoms with Crippen LogP contribution in [-0.2, 0) is 4.79 Å². The summed E-state index contributed by atoms with van der Waals surface area (Å²) < 4.78 is 0. The Labute approximate surface area is 134 Å². The molecule has 1 aliphatic carbocycles. The van der Waals surface area contributed by atoms with Crippen molar-refractivity contribution in [2.24, 2.45) is 4.99 Å². The molecule has 110 valence electrons. The fraction of sp³-hybridized carbons (Fsp3) is 0.250. The first-order valence-electron chi connectivity index (χ1n) is 6.57. The molecule has 5 heteroatoms.